The van der Waals surface area contributed by atoms with Gasteiger partial charge in [0, 0.05) is 12.3 Å². The number of carbonyl (C=O) groups excluding carboxylic acids is 2. The zero-order valence-corrected chi connectivity index (χ0v) is 19.3. The number of rotatable bonds is 5. The van der Waals surface area contributed by atoms with E-state index < -0.39 is 40.1 Å². The zero-order valence-electron chi connectivity index (χ0n) is 15.5. The lowest BCUT2D eigenvalue weighted by molar-refractivity contribution is -0.137. The van der Waals surface area contributed by atoms with Gasteiger partial charge in [0.1, 0.15) is 10.3 Å². The topological polar surface area (TPSA) is 88.9 Å². The van der Waals surface area contributed by atoms with Crippen LogP contribution in [0.5, 0.6) is 0 Å². The predicted molar refractivity (Wildman–Crippen MR) is 116 cm³/mol. The Morgan fingerprint density at radius 1 is 1.09 bits per heavy atom. The lowest BCUT2D eigenvalue weighted by Gasteiger charge is -2.13. The quantitative estimate of drug-likeness (QED) is 0.431. The van der Waals surface area contributed by atoms with Gasteiger partial charge in [0.15, 0.2) is 5.82 Å². The molecule has 2 N–H and O–H groups in total. The number of halogens is 7. The van der Waals surface area contributed by atoms with E-state index in [9.17, 15) is 22.8 Å². The third kappa shape index (κ3) is 5.52. The van der Waals surface area contributed by atoms with E-state index in [1.54, 1.807) is 12.1 Å². The number of anilines is 1. The third-order valence-electron chi connectivity index (χ3n) is 3.90. The normalized spacial score (nSPS) is 11.3. The summed E-state index contributed by atoms with van der Waals surface area (Å²) in [6.45, 7) is -0.536. The summed E-state index contributed by atoms with van der Waals surface area (Å²) < 4.78 is 40.0. The number of hydrogen-bond acceptors (Lipinski definition) is 4. The number of amides is 2. The molecule has 14 heteroatoms. The molecule has 1 aromatic carbocycles. The van der Waals surface area contributed by atoms with Crippen LogP contribution >= 0.6 is 50.7 Å². The Morgan fingerprint density at radius 2 is 1.75 bits per heavy atom. The van der Waals surface area contributed by atoms with Crippen LogP contribution in [-0.2, 0) is 11.0 Å². The van der Waals surface area contributed by atoms with Gasteiger partial charge in [0.05, 0.1) is 32.9 Å². The highest BCUT2D eigenvalue weighted by Gasteiger charge is 2.32. The van der Waals surface area contributed by atoms with Crippen LogP contribution in [0.3, 0.4) is 0 Å². The molecular formula is C18H10BrCl3F3N5O2. The molecule has 0 aliphatic heterocycles. The van der Waals surface area contributed by atoms with Gasteiger partial charge >= 0.3 is 6.18 Å². The molecule has 7 nitrogen and oxygen atoms in total. The van der Waals surface area contributed by atoms with Crippen molar-refractivity contribution >= 4 is 68.2 Å². The molecule has 3 rings (SSSR count). The molecule has 32 heavy (non-hydrogen) atoms. The highest BCUT2D eigenvalue weighted by molar-refractivity contribution is 9.10. The Kier molecular flexibility index (Phi) is 7.33. The maximum atomic E-state index is 12.8. The first kappa shape index (κ1) is 24.3. The van der Waals surface area contributed by atoms with Crippen molar-refractivity contribution in [1.82, 2.24) is 20.1 Å². The number of aromatic nitrogens is 3. The van der Waals surface area contributed by atoms with Crippen LogP contribution in [-0.4, -0.2) is 33.1 Å². The van der Waals surface area contributed by atoms with Gasteiger partial charge in [-0.05, 0) is 40.2 Å². The molecule has 0 aliphatic carbocycles. The molecule has 0 fully saturated rings. The summed E-state index contributed by atoms with van der Waals surface area (Å²) in [5.41, 5.74) is -1.25. The molecule has 2 heterocycles. The van der Waals surface area contributed by atoms with Gasteiger partial charge in [0.2, 0.25) is 5.91 Å². The van der Waals surface area contributed by atoms with Crippen LogP contribution < -0.4 is 10.6 Å². The molecule has 0 unspecified atom stereocenters. The van der Waals surface area contributed by atoms with Gasteiger partial charge in [-0.1, -0.05) is 34.8 Å². The van der Waals surface area contributed by atoms with Gasteiger partial charge < -0.3 is 10.6 Å². The predicted octanol–water partition coefficient (Wildman–Crippen LogP) is 5.38. The average Bonchev–Trinajstić information content (AvgIpc) is 3.10. The van der Waals surface area contributed by atoms with Crippen molar-refractivity contribution in [1.29, 1.82) is 0 Å². The monoisotopic (exact) mass is 569 g/mol. The fraction of sp³-hybridized carbons (Fsp3) is 0.111. The minimum Gasteiger partial charge on any atom is -0.342 e. The van der Waals surface area contributed by atoms with Gasteiger partial charge in [-0.2, -0.15) is 18.3 Å². The fourth-order valence-electron chi connectivity index (χ4n) is 2.50. The third-order valence-corrected chi connectivity index (χ3v) is 5.17. The highest BCUT2D eigenvalue weighted by atomic mass is 79.9. The van der Waals surface area contributed by atoms with Crippen molar-refractivity contribution in [2.75, 3.05) is 11.9 Å². The molecule has 0 bridgehead atoms. The van der Waals surface area contributed by atoms with E-state index in [-0.39, 0.29) is 22.2 Å². The van der Waals surface area contributed by atoms with E-state index in [1.807, 2.05) is 0 Å². The van der Waals surface area contributed by atoms with Crippen LogP contribution in [0.25, 0.3) is 5.82 Å². The summed E-state index contributed by atoms with van der Waals surface area (Å²) in [4.78, 5) is 28.9. The van der Waals surface area contributed by atoms with Gasteiger partial charge in [-0.3, -0.25) is 9.59 Å². The van der Waals surface area contributed by atoms with Crippen molar-refractivity contribution < 1.29 is 22.8 Å². The summed E-state index contributed by atoms with van der Waals surface area (Å²) >= 11 is 20.9. The molecule has 2 amide bonds. The Labute approximate surface area is 202 Å². The summed E-state index contributed by atoms with van der Waals surface area (Å²) in [7, 11) is 0. The van der Waals surface area contributed by atoms with E-state index in [1.165, 1.54) is 16.9 Å². The minimum absolute atomic E-state index is 0.0240. The first-order valence-electron chi connectivity index (χ1n) is 8.48. The smallest absolute Gasteiger partial charge is 0.342 e. The van der Waals surface area contributed by atoms with E-state index in [0.717, 1.165) is 0 Å². The van der Waals surface area contributed by atoms with Crippen molar-refractivity contribution in [3.8, 4) is 5.82 Å². The summed E-state index contributed by atoms with van der Waals surface area (Å²) in [5, 5.41) is 8.17. The van der Waals surface area contributed by atoms with Gasteiger partial charge in [-0.25, -0.2) is 9.67 Å². The molecule has 3 aromatic rings. The Hall–Kier alpha value is -2.34. The molecule has 0 aliphatic rings. The minimum atomic E-state index is -4.66. The standard InChI is InChI=1S/C18H10BrCl3F3N5O2/c19-13-6-12(30(29-13)16-9(20)2-1-3-26-16)17(32)27-7-14(31)28-15-10(21)4-8(5-11(15)22)18(23,24)25/h1-6H,7H2,(H,27,32)(H,28,31). The number of benzene rings is 1. The van der Waals surface area contributed by atoms with Crippen molar-refractivity contribution in [2.45, 2.75) is 6.18 Å². The second-order valence-electron chi connectivity index (χ2n) is 6.12. The van der Waals surface area contributed by atoms with Crippen molar-refractivity contribution in [2.24, 2.45) is 0 Å². The lowest BCUT2D eigenvalue weighted by atomic mass is 10.2. The van der Waals surface area contributed by atoms with E-state index in [4.69, 9.17) is 34.8 Å². The van der Waals surface area contributed by atoms with Crippen LogP contribution in [0, 0.1) is 0 Å². The number of hydrogen-bond donors (Lipinski definition) is 2. The molecule has 0 atom stereocenters. The van der Waals surface area contributed by atoms with Crippen LogP contribution in [0.2, 0.25) is 15.1 Å². The molecule has 0 radical (unpaired) electrons. The average molecular weight is 572 g/mol. The largest absolute Gasteiger partial charge is 0.416 e. The highest BCUT2D eigenvalue weighted by Crippen LogP contribution is 2.38. The number of carbonyl (C=O) groups is 2. The van der Waals surface area contributed by atoms with Crippen LogP contribution in [0.1, 0.15) is 16.1 Å². The maximum Gasteiger partial charge on any atom is 0.416 e. The van der Waals surface area contributed by atoms with Crippen molar-refractivity contribution in [3.63, 3.8) is 0 Å². The number of nitrogens with zero attached hydrogens (tertiary/aromatic N) is 3. The second kappa shape index (κ2) is 9.65. The first-order valence-corrected chi connectivity index (χ1v) is 10.4. The van der Waals surface area contributed by atoms with E-state index in [0.29, 0.717) is 16.7 Å². The summed E-state index contributed by atoms with van der Waals surface area (Å²) in [6, 6.07) is 5.82. The van der Waals surface area contributed by atoms with Crippen LogP contribution in [0.15, 0.2) is 41.1 Å². The Balaban J connectivity index is 1.72. The molecule has 0 saturated heterocycles. The lowest BCUT2D eigenvalue weighted by Crippen LogP contribution is -2.34. The molecule has 0 saturated carbocycles. The molecule has 0 spiro atoms. The Bertz CT molecular complexity index is 1180. The van der Waals surface area contributed by atoms with Crippen LogP contribution in [0.4, 0.5) is 18.9 Å². The van der Waals surface area contributed by atoms with Gasteiger partial charge in [-0.15, -0.1) is 0 Å². The zero-order chi connectivity index (χ0) is 23.6. The number of nitrogens with one attached hydrogen (secondary N) is 2. The summed E-state index contributed by atoms with van der Waals surface area (Å²) in [6.07, 6.45) is -3.19. The van der Waals surface area contributed by atoms with E-state index in [2.05, 4.69) is 36.6 Å². The van der Waals surface area contributed by atoms with E-state index >= 15 is 0 Å². The number of alkyl halides is 3. The van der Waals surface area contributed by atoms with Crippen molar-refractivity contribution in [3.05, 3.63) is 67.5 Å². The first-order chi connectivity index (χ1) is 15.0. The second-order valence-corrected chi connectivity index (χ2v) is 8.15. The number of pyridine rings is 1. The van der Waals surface area contributed by atoms with Gasteiger partial charge in [0.25, 0.3) is 5.91 Å². The molecule has 2 aromatic heterocycles. The molecular weight excluding hydrogens is 561 g/mol. The fourth-order valence-corrected chi connectivity index (χ4v) is 3.66. The maximum absolute atomic E-state index is 12.8. The Morgan fingerprint density at radius 3 is 2.34 bits per heavy atom. The SMILES string of the molecule is O=C(CNC(=O)c1cc(Br)nn1-c1ncccc1Cl)Nc1c(Cl)cc(C(F)(F)F)cc1Cl. The molecule has 168 valence electrons. The summed E-state index contributed by atoms with van der Waals surface area (Å²) in [5.74, 6) is -1.27.